The van der Waals surface area contributed by atoms with E-state index in [1.807, 2.05) is 0 Å². The van der Waals surface area contributed by atoms with E-state index in [1.54, 1.807) is 0 Å². The summed E-state index contributed by atoms with van der Waals surface area (Å²) in [5.74, 6) is 0. The molecule has 0 aliphatic rings. The van der Waals surface area contributed by atoms with E-state index in [2.05, 4.69) is 70.2 Å². The lowest BCUT2D eigenvalue weighted by Crippen LogP contribution is -2.30. The quantitative estimate of drug-likeness (QED) is 0.657. The van der Waals surface area contributed by atoms with E-state index in [1.165, 1.54) is 0 Å². The first-order chi connectivity index (χ1) is 5.39. The molecule has 0 spiro atoms. The Hall–Kier alpha value is 0.540. The van der Waals surface area contributed by atoms with E-state index in [0.717, 1.165) is 0 Å². The van der Waals surface area contributed by atoms with E-state index < -0.39 is 7.51 Å². The Morgan fingerprint density at radius 3 is 1.08 bits per heavy atom. The Morgan fingerprint density at radius 1 is 0.833 bits per heavy atom. The van der Waals surface area contributed by atoms with Crippen molar-refractivity contribution in [2.75, 3.05) is 42.3 Å². The van der Waals surface area contributed by atoms with Gasteiger partial charge in [-0.15, -0.1) is 0 Å². The molecule has 0 rings (SSSR count). The second-order valence-corrected chi connectivity index (χ2v) is 7.59. The predicted molar refractivity (Wildman–Crippen MR) is 60.1 cm³/mol. The Bertz CT molecular complexity index is 159. The van der Waals surface area contributed by atoms with Crippen LogP contribution in [0.25, 0.3) is 0 Å². The van der Waals surface area contributed by atoms with E-state index in [-0.39, 0.29) is 0 Å². The number of nitrogens with zero attached hydrogens (tertiary/aromatic N) is 4. The van der Waals surface area contributed by atoms with Gasteiger partial charge >= 0.3 is 0 Å². The molecule has 0 aromatic rings. The lowest BCUT2D eigenvalue weighted by atomic mass is 11.2. The Balaban J connectivity index is 5.08. The minimum atomic E-state index is -1.60. The molecule has 74 valence electrons. The molecule has 0 aromatic carbocycles. The molecule has 0 N–H and O–H groups in total. The summed E-state index contributed by atoms with van der Waals surface area (Å²) in [7, 11) is 13.2. The van der Waals surface area contributed by atoms with Gasteiger partial charge in [0, 0.05) is 0 Å². The van der Waals surface area contributed by atoms with Gasteiger partial charge in [0.25, 0.3) is 0 Å². The molecule has 0 amide bonds. The number of rotatable bonds is 3. The zero-order valence-corrected chi connectivity index (χ0v) is 10.9. The topological polar surface area (TPSA) is 22.1 Å². The van der Waals surface area contributed by atoms with Crippen molar-refractivity contribution in [2.24, 2.45) is 4.52 Å². The van der Waals surface area contributed by atoms with Crippen molar-refractivity contribution in [2.45, 2.75) is 0 Å². The van der Waals surface area contributed by atoms with Crippen molar-refractivity contribution in [3.8, 4) is 0 Å². The highest BCUT2D eigenvalue weighted by Gasteiger charge is 2.26. The van der Waals surface area contributed by atoms with Crippen LogP contribution in [-0.4, -0.2) is 56.3 Å². The Kier molecular flexibility index (Phi) is 4.90. The minimum Gasteiger partial charge on any atom is -0.252 e. The largest absolute Gasteiger partial charge is 0.252 e. The SMILES string of the molecule is CN(C)P(=NP)(N(C)C)N(C)C. The predicted octanol–water partition coefficient (Wildman–Crippen LogP) is 1.41. The molecule has 0 saturated carbocycles. The minimum absolute atomic E-state index is 1.60. The van der Waals surface area contributed by atoms with E-state index in [9.17, 15) is 0 Å². The fourth-order valence-electron chi connectivity index (χ4n) is 1.38. The molecule has 1 unspecified atom stereocenters. The molecular weight excluding hydrogens is 190 g/mol. The average molecular weight is 210 g/mol. The van der Waals surface area contributed by atoms with Gasteiger partial charge in [-0.2, -0.15) is 0 Å². The summed E-state index contributed by atoms with van der Waals surface area (Å²) in [6.45, 7) is 0. The summed E-state index contributed by atoms with van der Waals surface area (Å²) in [4.78, 5) is 0. The highest BCUT2D eigenvalue weighted by atomic mass is 31.2. The third-order valence-corrected chi connectivity index (χ3v) is 6.22. The molecule has 0 aliphatic carbocycles. The van der Waals surface area contributed by atoms with Crippen LogP contribution in [0.4, 0.5) is 0 Å². The summed E-state index contributed by atoms with van der Waals surface area (Å²) >= 11 is 0. The highest BCUT2D eigenvalue weighted by molar-refractivity contribution is 7.61. The Morgan fingerprint density at radius 2 is 1.08 bits per heavy atom. The summed E-state index contributed by atoms with van der Waals surface area (Å²) in [5.41, 5.74) is 0. The zero-order chi connectivity index (χ0) is 9.94. The van der Waals surface area contributed by atoms with E-state index in [0.29, 0.717) is 0 Å². The maximum absolute atomic E-state index is 4.42. The molecule has 4 nitrogen and oxygen atoms in total. The van der Waals surface area contributed by atoms with Gasteiger partial charge in [-0.3, -0.25) is 14.0 Å². The van der Waals surface area contributed by atoms with Crippen LogP contribution in [-0.2, 0) is 0 Å². The van der Waals surface area contributed by atoms with Gasteiger partial charge < -0.3 is 0 Å². The monoisotopic (exact) mass is 210 g/mol. The van der Waals surface area contributed by atoms with Crippen LogP contribution in [0.1, 0.15) is 0 Å². The van der Waals surface area contributed by atoms with Crippen LogP contribution in [0.5, 0.6) is 0 Å². The van der Waals surface area contributed by atoms with Crippen molar-refractivity contribution >= 4 is 16.9 Å². The zero-order valence-electron chi connectivity index (χ0n) is 8.81. The number of hydrogen-bond donors (Lipinski definition) is 0. The lowest BCUT2D eigenvalue weighted by molar-refractivity contribution is 0.476. The molecule has 0 heterocycles. The van der Waals surface area contributed by atoms with Gasteiger partial charge in [0.2, 0.25) is 0 Å². The van der Waals surface area contributed by atoms with Crippen LogP contribution < -0.4 is 0 Å². The van der Waals surface area contributed by atoms with Gasteiger partial charge in [-0.25, -0.2) is 4.52 Å². The highest BCUT2D eigenvalue weighted by Crippen LogP contribution is 2.55. The van der Waals surface area contributed by atoms with Crippen LogP contribution in [0.2, 0.25) is 0 Å². The molecule has 0 aromatic heterocycles. The molecule has 1 atom stereocenters. The van der Waals surface area contributed by atoms with E-state index in [4.69, 9.17) is 0 Å². The molecule has 0 saturated heterocycles. The van der Waals surface area contributed by atoms with Crippen molar-refractivity contribution in [3.63, 3.8) is 0 Å². The van der Waals surface area contributed by atoms with Crippen LogP contribution in [0.3, 0.4) is 0 Å². The molecule has 0 aliphatic heterocycles. The average Bonchev–Trinajstić information content (AvgIpc) is 1.86. The maximum atomic E-state index is 4.42. The van der Waals surface area contributed by atoms with Crippen molar-refractivity contribution in [1.82, 2.24) is 14.0 Å². The summed E-state index contributed by atoms with van der Waals surface area (Å²) in [6.07, 6.45) is 0. The smallest absolute Gasteiger partial charge is 0.169 e. The molecular formula is C6H20N4P2. The van der Waals surface area contributed by atoms with Crippen LogP contribution in [0, 0.1) is 0 Å². The first kappa shape index (κ1) is 12.5. The first-order valence-corrected chi connectivity index (χ1v) is 5.86. The van der Waals surface area contributed by atoms with Gasteiger partial charge in [0.1, 0.15) is 0 Å². The number of hydrogen-bond acceptors (Lipinski definition) is 1. The van der Waals surface area contributed by atoms with E-state index >= 15 is 0 Å². The summed E-state index contributed by atoms with van der Waals surface area (Å²) in [5, 5.41) is 0. The second-order valence-electron chi connectivity index (χ2n) is 3.19. The Labute approximate surface area is 78.4 Å². The van der Waals surface area contributed by atoms with Gasteiger partial charge in [-0.1, -0.05) is 0 Å². The van der Waals surface area contributed by atoms with Crippen LogP contribution >= 0.6 is 16.9 Å². The second kappa shape index (κ2) is 4.69. The third kappa shape index (κ3) is 2.07. The lowest BCUT2D eigenvalue weighted by Gasteiger charge is -2.40. The molecule has 12 heavy (non-hydrogen) atoms. The van der Waals surface area contributed by atoms with Gasteiger partial charge in [-0.05, 0) is 51.7 Å². The molecule has 0 bridgehead atoms. The van der Waals surface area contributed by atoms with Crippen molar-refractivity contribution in [1.29, 1.82) is 0 Å². The maximum Gasteiger partial charge on any atom is 0.169 e. The van der Waals surface area contributed by atoms with Gasteiger partial charge in [0.05, 0.1) is 0 Å². The molecule has 0 radical (unpaired) electrons. The van der Waals surface area contributed by atoms with Gasteiger partial charge in [0.15, 0.2) is 7.51 Å². The molecule has 6 heteroatoms. The first-order valence-electron chi connectivity index (χ1n) is 3.74. The standard InChI is InChI=1S/C6H20N4P2/c1-8(2)12(7-11,9(3)4)10(5)6/h11H2,1-6H3. The molecule has 0 fully saturated rings. The third-order valence-electron chi connectivity index (χ3n) is 1.76. The normalized spacial score (nSPS) is 13.2. The fraction of sp³-hybridized carbons (Fsp3) is 1.00. The van der Waals surface area contributed by atoms with Crippen molar-refractivity contribution < 1.29 is 0 Å². The van der Waals surface area contributed by atoms with Crippen LogP contribution in [0.15, 0.2) is 4.52 Å². The summed E-state index contributed by atoms with van der Waals surface area (Å²) in [6, 6.07) is 0. The fourth-order valence-corrected chi connectivity index (χ4v) is 6.01. The van der Waals surface area contributed by atoms with Crippen molar-refractivity contribution in [3.05, 3.63) is 0 Å². The summed E-state index contributed by atoms with van der Waals surface area (Å²) < 4.78 is 10.9.